The molecule has 1 fully saturated rings. The molecule has 0 amide bonds. The van der Waals surface area contributed by atoms with Gasteiger partial charge in [0.05, 0.1) is 18.2 Å². The van der Waals surface area contributed by atoms with Gasteiger partial charge in [-0.05, 0) is 69.6 Å². The molecule has 1 aromatic carbocycles. The van der Waals surface area contributed by atoms with Crippen LogP contribution in [0.3, 0.4) is 0 Å². The smallest absolute Gasteiger partial charge is 0.119 e. The summed E-state index contributed by atoms with van der Waals surface area (Å²) in [5.74, 6) is 0.858. The van der Waals surface area contributed by atoms with Gasteiger partial charge >= 0.3 is 0 Å². The van der Waals surface area contributed by atoms with Crippen molar-refractivity contribution in [1.82, 2.24) is 4.90 Å². The minimum Gasteiger partial charge on any atom is -0.494 e. The molecule has 1 aliphatic rings. The number of rotatable bonds is 6. The van der Waals surface area contributed by atoms with E-state index >= 15 is 0 Å². The topological polar surface area (TPSA) is 36.3 Å². The van der Waals surface area contributed by atoms with Gasteiger partial charge in [-0.3, -0.25) is 0 Å². The lowest BCUT2D eigenvalue weighted by Gasteiger charge is -2.26. The third-order valence-electron chi connectivity index (χ3n) is 3.57. The summed E-state index contributed by atoms with van der Waals surface area (Å²) in [6.07, 6.45) is 6.43. The van der Waals surface area contributed by atoms with Crippen molar-refractivity contribution < 1.29 is 4.74 Å². The summed E-state index contributed by atoms with van der Waals surface area (Å²) >= 11 is 0. The van der Waals surface area contributed by atoms with Crippen molar-refractivity contribution >= 4 is 0 Å². The first kappa shape index (κ1) is 13.9. The number of ether oxygens (including phenoxy) is 1. The maximum absolute atomic E-state index is 8.70. The summed E-state index contributed by atoms with van der Waals surface area (Å²) in [5, 5.41) is 8.70. The van der Waals surface area contributed by atoms with Gasteiger partial charge in [0.15, 0.2) is 0 Å². The second kappa shape index (κ2) is 7.81. The average Bonchev–Trinajstić information content (AvgIpc) is 2.49. The van der Waals surface area contributed by atoms with E-state index in [4.69, 9.17) is 10.00 Å². The highest BCUT2D eigenvalue weighted by Crippen LogP contribution is 2.13. The minimum absolute atomic E-state index is 0.678. The van der Waals surface area contributed by atoms with Crippen molar-refractivity contribution in [3.05, 3.63) is 29.8 Å². The van der Waals surface area contributed by atoms with E-state index in [-0.39, 0.29) is 0 Å². The highest BCUT2D eigenvalue weighted by molar-refractivity contribution is 5.34. The third-order valence-corrected chi connectivity index (χ3v) is 3.57. The number of likely N-dealkylation sites (tertiary alicyclic amines) is 1. The highest BCUT2D eigenvalue weighted by atomic mass is 16.5. The second-order valence-electron chi connectivity index (χ2n) is 5.09. The standard InChI is InChI=1S/C16H22N2O/c17-14-15-6-8-16(9-7-15)19-13-5-4-12-18-10-2-1-3-11-18/h6-9H,1-5,10-13H2. The molecule has 102 valence electrons. The van der Waals surface area contributed by atoms with Crippen LogP contribution in [0.25, 0.3) is 0 Å². The molecular weight excluding hydrogens is 236 g/mol. The number of hydrogen-bond acceptors (Lipinski definition) is 3. The Morgan fingerprint density at radius 2 is 1.79 bits per heavy atom. The average molecular weight is 258 g/mol. The lowest BCUT2D eigenvalue weighted by molar-refractivity contribution is 0.216. The molecule has 2 rings (SSSR count). The Balaban J connectivity index is 1.57. The summed E-state index contributed by atoms with van der Waals surface area (Å²) in [6, 6.07) is 9.42. The summed E-state index contributed by atoms with van der Waals surface area (Å²) in [7, 11) is 0. The molecule has 3 heteroatoms. The van der Waals surface area contributed by atoms with E-state index in [0.717, 1.165) is 18.8 Å². The van der Waals surface area contributed by atoms with Gasteiger partial charge in [-0.2, -0.15) is 5.26 Å². The Kier molecular flexibility index (Phi) is 5.71. The molecule has 0 unspecified atom stereocenters. The molecule has 0 atom stereocenters. The molecule has 0 radical (unpaired) electrons. The van der Waals surface area contributed by atoms with Gasteiger partial charge in [-0.25, -0.2) is 0 Å². The fourth-order valence-electron chi connectivity index (χ4n) is 2.44. The molecule has 0 aromatic heterocycles. The quantitative estimate of drug-likeness (QED) is 0.735. The number of nitriles is 1. The minimum atomic E-state index is 0.678. The van der Waals surface area contributed by atoms with Crippen molar-refractivity contribution in [3.63, 3.8) is 0 Å². The lowest BCUT2D eigenvalue weighted by atomic mass is 10.1. The first-order chi connectivity index (χ1) is 9.38. The van der Waals surface area contributed by atoms with E-state index in [1.807, 2.05) is 12.1 Å². The van der Waals surface area contributed by atoms with Crippen LogP contribution < -0.4 is 4.74 Å². The second-order valence-corrected chi connectivity index (χ2v) is 5.09. The zero-order valence-electron chi connectivity index (χ0n) is 11.5. The fraction of sp³-hybridized carbons (Fsp3) is 0.562. The van der Waals surface area contributed by atoms with E-state index in [0.29, 0.717) is 5.56 Å². The number of benzene rings is 1. The Labute approximate surface area is 115 Å². The molecular formula is C16H22N2O. The van der Waals surface area contributed by atoms with Crippen molar-refractivity contribution in [3.8, 4) is 11.8 Å². The molecule has 0 N–H and O–H groups in total. The zero-order valence-corrected chi connectivity index (χ0v) is 11.5. The molecule has 3 nitrogen and oxygen atoms in total. The lowest BCUT2D eigenvalue weighted by Crippen LogP contribution is -2.30. The van der Waals surface area contributed by atoms with Crippen LogP contribution in [0.15, 0.2) is 24.3 Å². The van der Waals surface area contributed by atoms with Gasteiger partial charge in [0.1, 0.15) is 5.75 Å². The first-order valence-corrected chi connectivity index (χ1v) is 7.24. The van der Waals surface area contributed by atoms with E-state index < -0.39 is 0 Å². The van der Waals surface area contributed by atoms with E-state index in [9.17, 15) is 0 Å². The molecule has 0 bridgehead atoms. The predicted molar refractivity (Wildman–Crippen MR) is 76.2 cm³/mol. The third kappa shape index (κ3) is 4.92. The van der Waals surface area contributed by atoms with Gasteiger partial charge < -0.3 is 9.64 Å². The molecule has 1 heterocycles. The molecule has 1 aliphatic heterocycles. The summed E-state index contributed by atoms with van der Waals surface area (Å²) in [6.45, 7) is 4.52. The molecule has 1 saturated heterocycles. The predicted octanol–water partition coefficient (Wildman–Crippen LogP) is 3.20. The van der Waals surface area contributed by atoms with Crippen LogP contribution in [-0.2, 0) is 0 Å². The van der Waals surface area contributed by atoms with Crippen LogP contribution in [0.4, 0.5) is 0 Å². The number of nitrogens with zero attached hydrogens (tertiary/aromatic N) is 2. The molecule has 0 spiro atoms. The normalized spacial score (nSPS) is 15.9. The SMILES string of the molecule is N#Cc1ccc(OCCCCN2CCCCC2)cc1. The van der Waals surface area contributed by atoms with Crippen LogP contribution >= 0.6 is 0 Å². The molecule has 0 aliphatic carbocycles. The van der Waals surface area contributed by atoms with Gasteiger partial charge in [0, 0.05) is 0 Å². The maximum atomic E-state index is 8.70. The van der Waals surface area contributed by atoms with Gasteiger partial charge in [-0.1, -0.05) is 6.42 Å². The fourth-order valence-corrected chi connectivity index (χ4v) is 2.44. The Morgan fingerprint density at radius 1 is 1.05 bits per heavy atom. The Bertz CT molecular complexity index is 402. The van der Waals surface area contributed by atoms with Gasteiger partial charge in [0.2, 0.25) is 0 Å². The van der Waals surface area contributed by atoms with Crippen molar-refractivity contribution in [2.45, 2.75) is 32.1 Å². The van der Waals surface area contributed by atoms with Crippen LogP contribution in [0, 0.1) is 11.3 Å². The van der Waals surface area contributed by atoms with Crippen molar-refractivity contribution in [2.24, 2.45) is 0 Å². The number of unbranched alkanes of at least 4 members (excludes halogenated alkanes) is 1. The number of hydrogen-bond donors (Lipinski definition) is 0. The van der Waals surface area contributed by atoms with Crippen LogP contribution in [0.2, 0.25) is 0 Å². The zero-order chi connectivity index (χ0) is 13.3. The largest absolute Gasteiger partial charge is 0.494 e. The maximum Gasteiger partial charge on any atom is 0.119 e. The van der Waals surface area contributed by atoms with Gasteiger partial charge in [0.25, 0.3) is 0 Å². The Hall–Kier alpha value is -1.53. The van der Waals surface area contributed by atoms with Crippen LogP contribution in [0.1, 0.15) is 37.7 Å². The highest BCUT2D eigenvalue weighted by Gasteiger charge is 2.08. The summed E-state index contributed by atoms with van der Waals surface area (Å²) in [4.78, 5) is 2.56. The van der Waals surface area contributed by atoms with Crippen molar-refractivity contribution in [1.29, 1.82) is 5.26 Å². The van der Waals surface area contributed by atoms with E-state index in [2.05, 4.69) is 11.0 Å². The van der Waals surface area contributed by atoms with E-state index in [1.54, 1.807) is 12.1 Å². The molecule has 19 heavy (non-hydrogen) atoms. The Morgan fingerprint density at radius 3 is 2.47 bits per heavy atom. The summed E-state index contributed by atoms with van der Waals surface area (Å²) < 4.78 is 5.67. The van der Waals surface area contributed by atoms with E-state index in [1.165, 1.54) is 45.3 Å². The van der Waals surface area contributed by atoms with Crippen molar-refractivity contribution in [2.75, 3.05) is 26.2 Å². The first-order valence-electron chi connectivity index (χ1n) is 7.24. The van der Waals surface area contributed by atoms with Gasteiger partial charge in [-0.15, -0.1) is 0 Å². The van der Waals surface area contributed by atoms with Crippen LogP contribution in [0.5, 0.6) is 5.75 Å². The number of piperidine rings is 1. The van der Waals surface area contributed by atoms with Crippen LogP contribution in [-0.4, -0.2) is 31.1 Å². The molecule has 0 saturated carbocycles. The molecule has 1 aromatic rings. The monoisotopic (exact) mass is 258 g/mol. The summed E-state index contributed by atoms with van der Waals surface area (Å²) in [5.41, 5.74) is 0.678.